The fraction of sp³-hybridized carbons (Fsp3) is 0.400. The molecule has 1 atom stereocenters. The summed E-state index contributed by atoms with van der Waals surface area (Å²) in [5, 5.41) is 8.62. The molecule has 0 unspecified atom stereocenters. The third-order valence-corrected chi connectivity index (χ3v) is 8.19. The molecule has 1 heterocycles. The largest absolute Gasteiger partial charge is 0.573 e. The Hall–Kier alpha value is -3.74. The number of amides is 2. The zero-order chi connectivity index (χ0) is 31.0. The molecular formula is C30H31F6N3O3S. The van der Waals surface area contributed by atoms with Gasteiger partial charge in [-0.15, -0.1) is 24.5 Å². The number of hydrogen-bond donors (Lipinski definition) is 3. The maximum atomic E-state index is 13.2. The van der Waals surface area contributed by atoms with Crippen molar-refractivity contribution in [2.45, 2.75) is 57.1 Å². The summed E-state index contributed by atoms with van der Waals surface area (Å²) >= 11 is 1.04. The molecule has 2 aromatic carbocycles. The van der Waals surface area contributed by atoms with Crippen LogP contribution in [0, 0.1) is 5.92 Å². The smallest absolute Gasteiger partial charge is 0.406 e. The van der Waals surface area contributed by atoms with Crippen LogP contribution in [0.5, 0.6) is 5.75 Å². The van der Waals surface area contributed by atoms with Crippen LogP contribution >= 0.6 is 11.3 Å². The Morgan fingerprint density at radius 1 is 0.907 bits per heavy atom. The maximum absolute atomic E-state index is 13.2. The lowest BCUT2D eigenvalue weighted by Gasteiger charge is -2.26. The SMILES string of the molecule is O=C(N[C@@H](CC1CCCCC1)C(=O)NCCNc1ccc(OC(F)(F)F)cc1)c1ccc(-c2cccc(C(F)(F)F)c2)s1. The Morgan fingerprint density at radius 3 is 2.30 bits per heavy atom. The van der Waals surface area contributed by atoms with Crippen molar-refractivity contribution in [2.75, 3.05) is 18.4 Å². The van der Waals surface area contributed by atoms with Crippen molar-refractivity contribution in [3.8, 4) is 16.2 Å². The molecule has 43 heavy (non-hydrogen) atoms. The molecule has 0 saturated heterocycles. The number of benzene rings is 2. The summed E-state index contributed by atoms with van der Waals surface area (Å²) in [5.74, 6) is -0.938. The van der Waals surface area contributed by atoms with Gasteiger partial charge in [0.1, 0.15) is 11.8 Å². The van der Waals surface area contributed by atoms with E-state index < -0.39 is 30.1 Å². The molecule has 2 amide bonds. The summed E-state index contributed by atoms with van der Waals surface area (Å²) < 4.78 is 80.3. The van der Waals surface area contributed by atoms with Crippen LogP contribution in [0.1, 0.15) is 53.8 Å². The lowest BCUT2D eigenvalue weighted by atomic mass is 9.84. The highest BCUT2D eigenvalue weighted by atomic mass is 32.1. The molecule has 3 aromatic rings. The monoisotopic (exact) mass is 627 g/mol. The first-order chi connectivity index (χ1) is 20.4. The van der Waals surface area contributed by atoms with Gasteiger partial charge in [0.2, 0.25) is 5.91 Å². The number of thiophene rings is 1. The lowest BCUT2D eigenvalue weighted by molar-refractivity contribution is -0.274. The second-order valence-electron chi connectivity index (χ2n) is 10.3. The summed E-state index contributed by atoms with van der Waals surface area (Å²) in [4.78, 5) is 27.1. The van der Waals surface area contributed by atoms with Crippen molar-refractivity contribution in [1.82, 2.24) is 10.6 Å². The minimum Gasteiger partial charge on any atom is -0.406 e. The van der Waals surface area contributed by atoms with Crippen LogP contribution < -0.4 is 20.7 Å². The molecule has 232 valence electrons. The fourth-order valence-electron chi connectivity index (χ4n) is 4.97. The van der Waals surface area contributed by atoms with Gasteiger partial charge >= 0.3 is 12.5 Å². The normalized spacial score (nSPS) is 15.0. The van der Waals surface area contributed by atoms with E-state index >= 15 is 0 Å². The number of ether oxygens (including phenoxy) is 1. The molecule has 0 radical (unpaired) electrons. The average Bonchev–Trinajstić information content (AvgIpc) is 3.46. The molecule has 1 saturated carbocycles. The molecule has 13 heteroatoms. The Kier molecular flexibility index (Phi) is 10.6. The van der Waals surface area contributed by atoms with Crippen LogP contribution in [0.25, 0.3) is 10.4 Å². The van der Waals surface area contributed by atoms with Crippen LogP contribution in [0.4, 0.5) is 32.0 Å². The van der Waals surface area contributed by atoms with E-state index in [4.69, 9.17) is 0 Å². The molecule has 1 aliphatic carbocycles. The van der Waals surface area contributed by atoms with Gasteiger partial charge in [-0.05, 0) is 66.4 Å². The fourth-order valence-corrected chi connectivity index (χ4v) is 5.88. The Labute approximate surface area is 248 Å². The van der Waals surface area contributed by atoms with E-state index in [1.807, 2.05) is 0 Å². The average molecular weight is 628 g/mol. The number of alkyl halides is 6. The van der Waals surface area contributed by atoms with Crippen LogP contribution in [-0.2, 0) is 11.0 Å². The van der Waals surface area contributed by atoms with Gasteiger partial charge in [-0.25, -0.2) is 0 Å². The van der Waals surface area contributed by atoms with Gasteiger partial charge in [-0.2, -0.15) is 13.2 Å². The summed E-state index contributed by atoms with van der Waals surface area (Å²) in [5.41, 5.74) is 0.0890. The van der Waals surface area contributed by atoms with E-state index in [0.29, 0.717) is 22.5 Å². The van der Waals surface area contributed by atoms with Gasteiger partial charge in [0.05, 0.1) is 10.4 Å². The number of hydrogen-bond acceptors (Lipinski definition) is 5. The molecular weight excluding hydrogens is 596 g/mol. The highest BCUT2D eigenvalue weighted by Gasteiger charge is 2.32. The van der Waals surface area contributed by atoms with Crippen molar-refractivity contribution < 1.29 is 40.7 Å². The van der Waals surface area contributed by atoms with Gasteiger partial charge in [0.15, 0.2) is 0 Å². The Balaban J connectivity index is 1.35. The first-order valence-corrected chi connectivity index (χ1v) is 14.6. The van der Waals surface area contributed by atoms with Crippen molar-refractivity contribution in [3.63, 3.8) is 0 Å². The van der Waals surface area contributed by atoms with Crippen molar-refractivity contribution >= 4 is 28.8 Å². The van der Waals surface area contributed by atoms with Crippen LogP contribution in [0.2, 0.25) is 0 Å². The molecule has 4 rings (SSSR count). The molecule has 1 aliphatic rings. The summed E-state index contributed by atoms with van der Waals surface area (Å²) in [6.07, 6.45) is -3.68. The molecule has 0 bridgehead atoms. The zero-order valence-electron chi connectivity index (χ0n) is 23.0. The first kappa shape index (κ1) is 32.2. The molecule has 1 aromatic heterocycles. The van der Waals surface area contributed by atoms with Crippen LogP contribution in [0.3, 0.4) is 0 Å². The molecule has 1 fully saturated rings. The number of nitrogens with one attached hydrogen (secondary N) is 3. The topological polar surface area (TPSA) is 79.5 Å². The standard InChI is InChI=1S/C30H31F6N3O3S/c31-29(32,33)21-8-4-7-20(18-21)25-13-14-26(43-25)28(41)39-24(17-19-5-2-1-3-6-19)27(40)38-16-15-37-22-9-11-23(12-10-22)42-30(34,35)36/h4,7-14,18-19,24,37H,1-3,5-6,15-17H2,(H,38,40)(H,39,41)/t24-/m0/s1. The van der Waals surface area contributed by atoms with Gasteiger partial charge in [0.25, 0.3) is 5.91 Å². The second-order valence-corrected chi connectivity index (χ2v) is 11.4. The minimum absolute atomic E-state index is 0.190. The minimum atomic E-state index is -4.78. The first-order valence-electron chi connectivity index (χ1n) is 13.8. The predicted molar refractivity (Wildman–Crippen MR) is 152 cm³/mol. The van der Waals surface area contributed by atoms with Crippen molar-refractivity contribution in [3.05, 3.63) is 71.1 Å². The van der Waals surface area contributed by atoms with E-state index in [2.05, 4.69) is 20.7 Å². The van der Waals surface area contributed by atoms with Gasteiger partial charge in [-0.3, -0.25) is 9.59 Å². The van der Waals surface area contributed by atoms with Crippen molar-refractivity contribution in [1.29, 1.82) is 0 Å². The molecule has 3 N–H and O–H groups in total. The third-order valence-electron chi connectivity index (χ3n) is 7.06. The molecule has 0 aliphatic heterocycles. The van der Waals surface area contributed by atoms with Crippen LogP contribution in [-0.4, -0.2) is 37.3 Å². The Bertz CT molecular complexity index is 1370. The zero-order valence-corrected chi connectivity index (χ0v) is 23.8. The highest BCUT2D eigenvalue weighted by Crippen LogP contribution is 2.35. The highest BCUT2D eigenvalue weighted by molar-refractivity contribution is 7.17. The van der Waals surface area contributed by atoms with Gasteiger partial charge < -0.3 is 20.7 Å². The number of rotatable bonds is 11. The van der Waals surface area contributed by atoms with Gasteiger partial charge in [-0.1, -0.05) is 44.2 Å². The van der Waals surface area contributed by atoms with E-state index in [1.54, 1.807) is 12.1 Å². The van der Waals surface area contributed by atoms with E-state index in [1.165, 1.54) is 36.4 Å². The van der Waals surface area contributed by atoms with E-state index in [0.717, 1.165) is 55.6 Å². The molecule has 6 nitrogen and oxygen atoms in total. The lowest BCUT2D eigenvalue weighted by Crippen LogP contribution is -2.48. The van der Waals surface area contributed by atoms with Crippen LogP contribution in [0.15, 0.2) is 60.7 Å². The maximum Gasteiger partial charge on any atom is 0.573 e. The summed E-state index contributed by atoms with van der Waals surface area (Å²) in [7, 11) is 0. The summed E-state index contributed by atoms with van der Waals surface area (Å²) in [6.45, 7) is 0.468. The van der Waals surface area contributed by atoms with E-state index in [-0.39, 0.29) is 35.5 Å². The predicted octanol–water partition coefficient (Wildman–Crippen LogP) is 7.63. The van der Waals surface area contributed by atoms with E-state index in [9.17, 15) is 35.9 Å². The third kappa shape index (κ3) is 9.91. The molecule has 0 spiro atoms. The summed E-state index contributed by atoms with van der Waals surface area (Å²) in [6, 6.07) is 12.4. The number of halogens is 6. The Morgan fingerprint density at radius 2 is 1.63 bits per heavy atom. The van der Waals surface area contributed by atoms with Crippen molar-refractivity contribution in [2.24, 2.45) is 5.92 Å². The quantitative estimate of drug-likeness (QED) is 0.151. The number of anilines is 1. The number of carbonyl (C=O) groups is 2. The number of carbonyl (C=O) groups excluding carboxylic acids is 2. The second kappa shape index (κ2) is 14.2. The van der Waals surface area contributed by atoms with Gasteiger partial charge in [0, 0.05) is 23.7 Å².